The Hall–Kier alpha value is -2.90. The Kier molecular flexibility index (Phi) is 10.7. The van der Waals surface area contributed by atoms with Gasteiger partial charge in [-0.3, -0.25) is 19.3 Å². The number of hydrogen-bond acceptors (Lipinski definition) is 5. The van der Waals surface area contributed by atoms with Crippen LogP contribution in [0.2, 0.25) is 0 Å². The Labute approximate surface area is 227 Å². The van der Waals surface area contributed by atoms with E-state index in [1.165, 1.54) is 17.7 Å². The Morgan fingerprint density at radius 1 is 0.895 bits per heavy atom. The maximum absolute atomic E-state index is 13.5. The number of hydrogen-bond donors (Lipinski definition) is 0. The van der Waals surface area contributed by atoms with Gasteiger partial charge in [0.05, 0.1) is 11.1 Å². The summed E-state index contributed by atoms with van der Waals surface area (Å²) < 4.78 is 5.71. The summed E-state index contributed by atoms with van der Waals surface area (Å²) in [5.74, 6) is -0.517. The summed E-state index contributed by atoms with van der Waals surface area (Å²) in [5, 5.41) is 0. The molecule has 0 spiro atoms. The highest BCUT2D eigenvalue weighted by atomic mass is 16.6. The first-order chi connectivity index (χ1) is 18.1. The molecule has 0 aromatic heterocycles. The van der Waals surface area contributed by atoms with Crippen LogP contribution in [0.1, 0.15) is 113 Å². The molecule has 3 rings (SSSR count). The Bertz CT molecular complexity index is 951. The van der Waals surface area contributed by atoms with E-state index in [2.05, 4.69) is 6.92 Å². The molecule has 210 valence electrons. The zero-order valence-corrected chi connectivity index (χ0v) is 23.7. The van der Waals surface area contributed by atoms with Crippen molar-refractivity contribution < 1.29 is 23.9 Å². The van der Waals surface area contributed by atoms with Gasteiger partial charge in [-0.1, -0.05) is 51.2 Å². The van der Waals surface area contributed by atoms with Crippen molar-refractivity contribution in [2.75, 3.05) is 26.2 Å². The topological polar surface area (TPSA) is 87.2 Å². The number of imide groups is 1. The van der Waals surface area contributed by atoms with Gasteiger partial charge in [-0.15, -0.1) is 0 Å². The molecule has 0 saturated carbocycles. The maximum atomic E-state index is 13.5. The number of unbranched alkanes of at least 4 members (excludes halogenated alkanes) is 4. The minimum Gasteiger partial charge on any atom is -0.444 e. The van der Waals surface area contributed by atoms with E-state index in [0.717, 1.165) is 38.5 Å². The van der Waals surface area contributed by atoms with E-state index in [4.69, 9.17) is 4.74 Å². The van der Waals surface area contributed by atoms with Crippen molar-refractivity contribution in [2.45, 2.75) is 104 Å². The first kappa shape index (κ1) is 29.7. The monoisotopic (exact) mass is 527 g/mol. The van der Waals surface area contributed by atoms with Gasteiger partial charge >= 0.3 is 6.09 Å². The fourth-order valence-corrected chi connectivity index (χ4v) is 5.23. The van der Waals surface area contributed by atoms with Gasteiger partial charge in [-0.2, -0.15) is 0 Å². The summed E-state index contributed by atoms with van der Waals surface area (Å²) in [5.41, 5.74) is 0.294. The van der Waals surface area contributed by atoms with E-state index in [9.17, 15) is 19.2 Å². The van der Waals surface area contributed by atoms with Gasteiger partial charge in [0.15, 0.2) is 0 Å². The summed E-state index contributed by atoms with van der Waals surface area (Å²) in [6.07, 6.45) is 8.36. The minimum absolute atomic E-state index is 0.0152. The number of rotatable bonds is 10. The lowest BCUT2D eigenvalue weighted by Gasteiger charge is -2.33. The average Bonchev–Trinajstić information content (AvgIpc) is 3.14. The smallest absolute Gasteiger partial charge is 0.410 e. The fraction of sp³-hybridized carbons (Fsp3) is 0.667. The van der Waals surface area contributed by atoms with Gasteiger partial charge in [-0.05, 0) is 58.6 Å². The number of carbonyl (C=O) groups excluding carboxylic acids is 4. The zero-order chi connectivity index (χ0) is 27.7. The molecular formula is C30H45N3O5. The third kappa shape index (κ3) is 8.05. The van der Waals surface area contributed by atoms with E-state index in [1.807, 2.05) is 25.7 Å². The second-order valence-corrected chi connectivity index (χ2v) is 11.5. The van der Waals surface area contributed by atoms with E-state index in [-0.39, 0.29) is 42.8 Å². The molecule has 0 N–H and O–H groups in total. The standard InChI is InChI=1S/C30H45N3O5/c1-5-6-7-8-9-15-23-22-26(34)31(18-12-13-20-32(23)29(37)38-30(2,3)4)19-14-21-33-27(35)24-16-10-11-17-25(24)28(33)36/h10-11,16-17,23H,5-9,12-15,18-22H2,1-4H3. The number of amides is 4. The highest BCUT2D eigenvalue weighted by Crippen LogP contribution is 2.24. The summed E-state index contributed by atoms with van der Waals surface area (Å²) in [7, 11) is 0. The first-order valence-corrected chi connectivity index (χ1v) is 14.3. The molecule has 2 heterocycles. The van der Waals surface area contributed by atoms with Crippen LogP contribution in [-0.4, -0.2) is 76.3 Å². The maximum Gasteiger partial charge on any atom is 0.410 e. The van der Waals surface area contributed by atoms with Crippen LogP contribution < -0.4 is 0 Å². The molecule has 1 aromatic carbocycles. The summed E-state index contributed by atoms with van der Waals surface area (Å²) >= 11 is 0. The molecular weight excluding hydrogens is 482 g/mol. The lowest BCUT2D eigenvalue weighted by Crippen LogP contribution is -2.45. The highest BCUT2D eigenvalue weighted by Gasteiger charge is 2.35. The van der Waals surface area contributed by atoms with Crippen LogP contribution >= 0.6 is 0 Å². The number of nitrogens with zero attached hydrogens (tertiary/aromatic N) is 3. The van der Waals surface area contributed by atoms with Crippen molar-refractivity contribution >= 4 is 23.8 Å². The molecule has 0 aliphatic carbocycles. The van der Waals surface area contributed by atoms with Gasteiger partial charge in [0.2, 0.25) is 5.91 Å². The molecule has 1 unspecified atom stereocenters. The van der Waals surface area contributed by atoms with Crippen LogP contribution in [-0.2, 0) is 9.53 Å². The van der Waals surface area contributed by atoms with Crippen molar-refractivity contribution in [3.05, 3.63) is 35.4 Å². The Morgan fingerprint density at radius 3 is 2.16 bits per heavy atom. The Balaban J connectivity index is 1.62. The molecule has 1 aromatic rings. The third-order valence-electron chi connectivity index (χ3n) is 7.24. The number of carbonyl (C=O) groups is 4. The molecule has 2 aliphatic heterocycles. The van der Waals surface area contributed by atoms with Crippen LogP contribution in [0, 0.1) is 0 Å². The van der Waals surface area contributed by atoms with Crippen LogP contribution in [0.4, 0.5) is 4.79 Å². The summed E-state index contributed by atoms with van der Waals surface area (Å²) in [6.45, 7) is 9.70. The van der Waals surface area contributed by atoms with Crippen molar-refractivity contribution in [3.8, 4) is 0 Å². The lowest BCUT2D eigenvalue weighted by molar-refractivity contribution is -0.132. The van der Waals surface area contributed by atoms with Gasteiger partial charge < -0.3 is 14.5 Å². The van der Waals surface area contributed by atoms with Crippen molar-refractivity contribution in [1.29, 1.82) is 0 Å². The van der Waals surface area contributed by atoms with Crippen molar-refractivity contribution in [2.24, 2.45) is 0 Å². The van der Waals surface area contributed by atoms with E-state index in [1.54, 1.807) is 29.2 Å². The van der Waals surface area contributed by atoms with E-state index >= 15 is 0 Å². The number of fused-ring (bicyclic) bond motifs is 1. The molecule has 0 bridgehead atoms. The highest BCUT2D eigenvalue weighted by molar-refractivity contribution is 6.21. The van der Waals surface area contributed by atoms with E-state index < -0.39 is 5.60 Å². The van der Waals surface area contributed by atoms with Crippen LogP contribution in [0.3, 0.4) is 0 Å². The number of ether oxygens (including phenoxy) is 1. The average molecular weight is 528 g/mol. The second kappa shape index (κ2) is 13.8. The lowest BCUT2D eigenvalue weighted by atomic mass is 10.0. The second-order valence-electron chi connectivity index (χ2n) is 11.5. The molecule has 2 aliphatic rings. The van der Waals surface area contributed by atoms with Crippen LogP contribution in [0.25, 0.3) is 0 Å². The molecule has 8 nitrogen and oxygen atoms in total. The van der Waals surface area contributed by atoms with Gasteiger partial charge in [0.25, 0.3) is 11.8 Å². The molecule has 1 fully saturated rings. The van der Waals surface area contributed by atoms with Gasteiger partial charge in [-0.25, -0.2) is 4.79 Å². The number of benzene rings is 1. The minimum atomic E-state index is -0.596. The first-order valence-electron chi connectivity index (χ1n) is 14.3. The zero-order valence-electron chi connectivity index (χ0n) is 23.7. The third-order valence-corrected chi connectivity index (χ3v) is 7.24. The fourth-order valence-electron chi connectivity index (χ4n) is 5.23. The predicted molar refractivity (Wildman–Crippen MR) is 147 cm³/mol. The van der Waals surface area contributed by atoms with Crippen molar-refractivity contribution in [3.63, 3.8) is 0 Å². The van der Waals surface area contributed by atoms with Crippen molar-refractivity contribution in [1.82, 2.24) is 14.7 Å². The largest absolute Gasteiger partial charge is 0.444 e. The molecule has 0 radical (unpaired) electrons. The summed E-state index contributed by atoms with van der Waals surface area (Å²) in [4.78, 5) is 56.8. The van der Waals surface area contributed by atoms with Gasteiger partial charge in [0.1, 0.15) is 5.60 Å². The Morgan fingerprint density at radius 2 is 1.53 bits per heavy atom. The normalized spacial score (nSPS) is 18.8. The van der Waals surface area contributed by atoms with E-state index in [0.29, 0.717) is 37.2 Å². The molecule has 4 amide bonds. The van der Waals surface area contributed by atoms with Crippen LogP contribution in [0.15, 0.2) is 24.3 Å². The molecule has 8 heteroatoms. The van der Waals surface area contributed by atoms with Crippen LogP contribution in [0.5, 0.6) is 0 Å². The predicted octanol–water partition coefficient (Wildman–Crippen LogP) is 5.65. The molecule has 1 saturated heterocycles. The molecule has 38 heavy (non-hydrogen) atoms. The SMILES string of the molecule is CCCCCCCC1CC(=O)N(CCCN2C(=O)c3ccccc3C2=O)CCCCN1C(=O)OC(C)(C)C. The van der Waals surface area contributed by atoms with Gasteiger partial charge in [0, 0.05) is 38.6 Å². The summed E-state index contributed by atoms with van der Waals surface area (Å²) in [6, 6.07) is 6.68. The quantitative estimate of drug-likeness (QED) is 0.290. The molecule has 1 atom stereocenters.